The Morgan fingerprint density at radius 2 is 2.00 bits per heavy atom. The van der Waals surface area contributed by atoms with E-state index < -0.39 is 5.97 Å². The van der Waals surface area contributed by atoms with E-state index in [9.17, 15) is 4.79 Å². The van der Waals surface area contributed by atoms with Crippen LogP contribution in [0.15, 0.2) is 18.2 Å². The molecule has 0 radical (unpaired) electrons. The Bertz CT molecular complexity index is 445. The lowest BCUT2D eigenvalue weighted by molar-refractivity contribution is -0.138. The molecule has 0 heterocycles. The van der Waals surface area contributed by atoms with Crippen molar-refractivity contribution in [2.24, 2.45) is 0 Å². The van der Waals surface area contributed by atoms with Gasteiger partial charge in [-0.05, 0) is 43.5 Å². The molecular weight excluding hydrogens is 254 g/mol. The normalized spacial score (nSPS) is 12.7. The second-order valence-corrected chi connectivity index (χ2v) is 5.23. The van der Waals surface area contributed by atoms with Crippen LogP contribution >= 0.6 is 0 Å². The van der Waals surface area contributed by atoms with Crippen LogP contribution < -0.4 is 0 Å². The number of carboxylic acid groups (broad SMARTS) is 1. The molecule has 0 fully saturated rings. The zero-order valence-corrected chi connectivity index (χ0v) is 12.6. The van der Waals surface area contributed by atoms with Crippen LogP contribution in [0.1, 0.15) is 30.0 Å². The van der Waals surface area contributed by atoms with E-state index in [2.05, 4.69) is 32.0 Å². The summed E-state index contributed by atoms with van der Waals surface area (Å²) in [4.78, 5) is 13.1. The van der Waals surface area contributed by atoms with Gasteiger partial charge in [-0.15, -0.1) is 0 Å². The number of carboxylic acids is 1. The lowest BCUT2D eigenvalue weighted by Gasteiger charge is -2.29. The van der Waals surface area contributed by atoms with Gasteiger partial charge < -0.3 is 10.2 Å². The average Bonchev–Trinajstić information content (AvgIpc) is 2.39. The van der Waals surface area contributed by atoms with Gasteiger partial charge in [0.2, 0.25) is 0 Å². The van der Waals surface area contributed by atoms with Crippen molar-refractivity contribution in [3.8, 4) is 0 Å². The number of hydrogen-bond acceptors (Lipinski definition) is 3. The molecule has 1 aromatic carbocycles. The van der Waals surface area contributed by atoms with Gasteiger partial charge in [-0.1, -0.05) is 25.1 Å². The first-order valence-electron chi connectivity index (χ1n) is 7.10. The van der Waals surface area contributed by atoms with E-state index in [1.54, 1.807) is 0 Å². The van der Waals surface area contributed by atoms with Crippen LogP contribution in [0.3, 0.4) is 0 Å². The molecule has 1 atom stereocenters. The fourth-order valence-corrected chi connectivity index (χ4v) is 2.46. The molecule has 0 bridgehead atoms. The molecule has 0 spiro atoms. The number of aliphatic hydroxyl groups excluding tert-OH is 1. The molecular formula is C16H25NO3. The molecule has 1 unspecified atom stereocenters. The van der Waals surface area contributed by atoms with E-state index in [-0.39, 0.29) is 19.1 Å². The van der Waals surface area contributed by atoms with Crippen LogP contribution in [0, 0.1) is 13.8 Å². The van der Waals surface area contributed by atoms with E-state index in [0.29, 0.717) is 13.0 Å². The molecule has 0 aromatic heterocycles. The molecule has 0 saturated heterocycles. The first-order valence-corrected chi connectivity index (χ1v) is 7.10. The van der Waals surface area contributed by atoms with E-state index >= 15 is 0 Å². The Balaban J connectivity index is 2.87. The van der Waals surface area contributed by atoms with E-state index in [1.165, 1.54) is 11.1 Å². The third-order valence-corrected chi connectivity index (χ3v) is 3.76. The number of carbonyl (C=O) groups is 1. The summed E-state index contributed by atoms with van der Waals surface area (Å²) < 4.78 is 0. The maximum absolute atomic E-state index is 11.1. The zero-order valence-electron chi connectivity index (χ0n) is 12.6. The molecule has 4 nitrogen and oxygen atoms in total. The molecule has 1 aromatic rings. The minimum atomic E-state index is -0.796. The summed E-state index contributed by atoms with van der Waals surface area (Å²) in [6.45, 7) is 7.43. The second-order valence-electron chi connectivity index (χ2n) is 5.23. The standard InChI is InChI=1S/C16H25NO3/c1-4-17(7-8-18)15(11-16(19)20)10-14-6-5-12(2)13(3)9-14/h5-6,9,15,18H,4,7-8,10-11H2,1-3H3,(H,19,20). The smallest absolute Gasteiger partial charge is 0.304 e. The third kappa shape index (κ3) is 4.94. The van der Waals surface area contributed by atoms with E-state index in [4.69, 9.17) is 10.2 Å². The highest BCUT2D eigenvalue weighted by atomic mass is 16.4. The molecule has 112 valence electrons. The van der Waals surface area contributed by atoms with Crippen molar-refractivity contribution in [3.63, 3.8) is 0 Å². The van der Waals surface area contributed by atoms with Crippen LogP contribution in [0.5, 0.6) is 0 Å². The largest absolute Gasteiger partial charge is 0.481 e. The van der Waals surface area contributed by atoms with Crippen molar-refractivity contribution in [1.29, 1.82) is 0 Å². The minimum absolute atomic E-state index is 0.0525. The van der Waals surface area contributed by atoms with Crippen molar-refractivity contribution < 1.29 is 15.0 Å². The summed E-state index contributed by atoms with van der Waals surface area (Å²) >= 11 is 0. The molecule has 4 heteroatoms. The van der Waals surface area contributed by atoms with Gasteiger partial charge in [-0.3, -0.25) is 9.69 Å². The number of benzene rings is 1. The van der Waals surface area contributed by atoms with Gasteiger partial charge >= 0.3 is 5.97 Å². The lowest BCUT2D eigenvalue weighted by atomic mass is 9.98. The first kappa shape index (κ1) is 16.7. The van der Waals surface area contributed by atoms with Crippen LogP contribution in [0.2, 0.25) is 0 Å². The highest BCUT2D eigenvalue weighted by molar-refractivity contribution is 5.67. The Morgan fingerprint density at radius 3 is 2.50 bits per heavy atom. The summed E-state index contributed by atoms with van der Waals surface area (Å²) in [6.07, 6.45) is 0.794. The fourth-order valence-electron chi connectivity index (χ4n) is 2.46. The molecule has 0 aliphatic heterocycles. The predicted molar refractivity (Wildman–Crippen MR) is 80.0 cm³/mol. The van der Waals surface area contributed by atoms with Gasteiger partial charge in [0.1, 0.15) is 0 Å². The zero-order chi connectivity index (χ0) is 15.1. The maximum atomic E-state index is 11.1. The minimum Gasteiger partial charge on any atom is -0.481 e. The van der Waals surface area contributed by atoms with Crippen LogP contribution in [-0.4, -0.2) is 46.8 Å². The quantitative estimate of drug-likeness (QED) is 0.764. The van der Waals surface area contributed by atoms with Gasteiger partial charge in [-0.2, -0.15) is 0 Å². The van der Waals surface area contributed by atoms with Gasteiger partial charge in [0, 0.05) is 12.6 Å². The van der Waals surface area contributed by atoms with Crippen molar-refractivity contribution in [2.45, 2.75) is 39.7 Å². The number of hydrogen-bond donors (Lipinski definition) is 2. The third-order valence-electron chi connectivity index (χ3n) is 3.76. The molecule has 1 rings (SSSR count). The maximum Gasteiger partial charge on any atom is 0.304 e. The highest BCUT2D eigenvalue weighted by Crippen LogP contribution is 2.16. The molecule has 0 aliphatic carbocycles. The molecule has 20 heavy (non-hydrogen) atoms. The van der Waals surface area contributed by atoms with Crippen molar-refractivity contribution in [2.75, 3.05) is 19.7 Å². The molecule has 2 N–H and O–H groups in total. The van der Waals surface area contributed by atoms with Crippen molar-refractivity contribution in [1.82, 2.24) is 4.90 Å². The van der Waals surface area contributed by atoms with Gasteiger partial charge in [0.15, 0.2) is 0 Å². The lowest BCUT2D eigenvalue weighted by Crippen LogP contribution is -2.40. The Labute approximate surface area is 121 Å². The molecule has 0 amide bonds. The van der Waals surface area contributed by atoms with Crippen molar-refractivity contribution in [3.05, 3.63) is 34.9 Å². The fraction of sp³-hybridized carbons (Fsp3) is 0.562. The highest BCUT2D eigenvalue weighted by Gasteiger charge is 2.20. The number of aryl methyl sites for hydroxylation is 2. The number of likely N-dealkylation sites (N-methyl/N-ethyl adjacent to an activating group) is 1. The SMILES string of the molecule is CCN(CCO)C(CC(=O)O)Cc1ccc(C)c(C)c1. The number of nitrogens with zero attached hydrogens (tertiary/aromatic N) is 1. The van der Waals surface area contributed by atoms with Crippen LogP contribution in [-0.2, 0) is 11.2 Å². The Morgan fingerprint density at radius 1 is 1.30 bits per heavy atom. The summed E-state index contributed by atoms with van der Waals surface area (Å²) in [5, 5.41) is 18.2. The number of aliphatic hydroxyl groups is 1. The second kappa shape index (κ2) is 8.02. The van der Waals surface area contributed by atoms with Gasteiger partial charge in [0.05, 0.1) is 13.0 Å². The predicted octanol–water partition coefficient (Wildman–Crippen LogP) is 2.00. The number of aliphatic carboxylic acids is 1. The summed E-state index contributed by atoms with van der Waals surface area (Å²) in [5.74, 6) is -0.796. The Hall–Kier alpha value is -1.39. The monoisotopic (exact) mass is 279 g/mol. The van der Waals surface area contributed by atoms with Gasteiger partial charge in [0.25, 0.3) is 0 Å². The topological polar surface area (TPSA) is 60.8 Å². The van der Waals surface area contributed by atoms with Crippen molar-refractivity contribution >= 4 is 5.97 Å². The molecule has 0 aliphatic rings. The summed E-state index contributed by atoms with van der Waals surface area (Å²) in [7, 11) is 0. The Kier molecular flexibility index (Phi) is 6.68. The van der Waals surface area contributed by atoms with E-state index in [1.807, 2.05) is 11.8 Å². The summed E-state index contributed by atoms with van der Waals surface area (Å²) in [6, 6.07) is 6.18. The van der Waals surface area contributed by atoms with E-state index in [0.717, 1.165) is 12.1 Å². The van der Waals surface area contributed by atoms with Crippen LogP contribution in [0.25, 0.3) is 0 Å². The first-order chi connectivity index (χ1) is 9.47. The summed E-state index contributed by atoms with van der Waals surface area (Å²) in [5.41, 5.74) is 3.61. The average molecular weight is 279 g/mol. The number of rotatable bonds is 8. The molecule has 0 saturated carbocycles. The van der Waals surface area contributed by atoms with Crippen LogP contribution in [0.4, 0.5) is 0 Å². The van der Waals surface area contributed by atoms with Gasteiger partial charge in [-0.25, -0.2) is 0 Å².